The fourth-order valence-electron chi connectivity index (χ4n) is 2.69. The van der Waals surface area contributed by atoms with E-state index in [4.69, 9.17) is 4.74 Å². The van der Waals surface area contributed by atoms with Gasteiger partial charge in [-0.15, -0.1) is 0 Å². The Morgan fingerprint density at radius 2 is 2.05 bits per heavy atom. The predicted molar refractivity (Wildman–Crippen MR) is 84.9 cm³/mol. The molecule has 1 aliphatic rings. The third-order valence-electron chi connectivity index (χ3n) is 4.11. The molecule has 0 radical (unpaired) electrons. The maximum Gasteiger partial charge on any atom is 0.251 e. The predicted octanol–water partition coefficient (Wildman–Crippen LogP) is 2.55. The quantitative estimate of drug-likeness (QED) is 0.942. The van der Waals surface area contributed by atoms with E-state index in [1.807, 2.05) is 19.9 Å². The zero-order chi connectivity index (χ0) is 15.5. The number of aromatic nitrogens is 2. The zero-order valence-electron chi connectivity index (χ0n) is 13.1. The molecule has 2 aromatic rings. The molecule has 1 amide bonds. The van der Waals surface area contributed by atoms with Crippen LogP contribution >= 0.6 is 0 Å². The van der Waals surface area contributed by atoms with Gasteiger partial charge in [0.05, 0.1) is 28.5 Å². The summed E-state index contributed by atoms with van der Waals surface area (Å²) in [5, 5.41) is 2.95. The van der Waals surface area contributed by atoms with E-state index in [9.17, 15) is 4.79 Å². The minimum absolute atomic E-state index is 0.0695. The van der Waals surface area contributed by atoms with Crippen LogP contribution in [0.15, 0.2) is 18.2 Å². The number of carbonyl (C=O) groups is 1. The highest BCUT2D eigenvalue weighted by Crippen LogP contribution is 2.16. The first kappa shape index (κ1) is 14.9. The monoisotopic (exact) mass is 299 g/mol. The van der Waals surface area contributed by atoms with Gasteiger partial charge in [0.25, 0.3) is 5.91 Å². The summed E-state index contributed by atoms with van der Waals surface area (Å²) in [4.78, 5) is 21.2. The maximum atomic E-state index is 12.2. The Morgan fingerprint density at radius 3 is 2.77 bits per heavy atom. The molecule has 1 saturated heterocycles. The van der Waals surface area contributed by atoms with Gasteiger partial charge in [-0.1, -0.05) is 0 Å². The van der Waals surface area contributed by atoms with Gasteiger partial charge in [0, 0.05) is 18.7 Å². The second-order valence-electron chi connectivity index (χ2n) is 5.78. The standard InChI is InChI=1S/C17H21N3O2/c1-11-12(2)20-16-10-13(5-6-15(16)19-11)17(21)18-8-7-14-4-3-9-22-14/h5-6,10,14H,3-4,7-9H2,1-2H3,(H,18,21). The summed E-state index contributed by atoms with van der Waals surface area (Å²) in [5.41, 5.74) is 4.01. The Balaban J connectivity index is 1.66. The lowest BCUT2D eigenvalue weighted by Crippen LogP contribution is -2.27. The molecule has 1 unspecified atom stereocenters. The number of carbonyl (C=O) groups excluding carboxylic acids is 1. The highest BCUT2D eigenvalue weighted by atomic mass is 16.5. The van der Waals surface area contributed by atoms with Crippen LogP contribution in [0, 0.1) is 13.8 Å². The van der Waals surface area contributed by atoms with Gasteiger partial charge in [-0.25, -0.2) is 9.97 Å². The smallest absolute Gasteiger partial charge is 0.251 e. The second kappa shape index (κ2) is 6.40. The number of ether oxygens (including phenoxy) is 1. The fourth-order valence-corrected chi connectivity index (χ4v) is 2.69. The van der Waals surface area contributed by atoms with Crippen molar-refractivity contribution in [2.45, 2.75) is 39.2 Å². The van der Waals surface area contributed by atoms with Crippen LogP contribution in [0.4, 0.5) is 0 Å². The second-order valence-corrected chi connectivity index (χ2v) is 5.78. The number of benzene rings is 1. The molecule has 1 aromatic heterocycles. The minimum Gasteiger partial charge on any atom is -0.378 e. The summed E-state index contributed by atoms with van der Waals surface area (Å²) in [6.45, 7) is 5.35. The van der Waals surface area contributed by atoms with Gasteiger partial charge in [0.15, 0.2) is 0 Å². The first-order chi connectivity index (χ1) is 10.6. The van der Waals surface area contributed by atoms with Crippen LogP contribution in [0.2, 0.25) is 0 Å². The number of amides is 1. The van der Waals surface area contributed by atoms with Gasteiger partial charge in [0.1, 0.15) is 0 Å². The van der Waals surface area contributed by atoms with E-state index in [0.717, 1.165) is 48.3 Å². The summed E-state index contributed by atoms with van der Waals surface area (Å²) in [7, 11) is 0. The third-order valence-corrected chi connectivity index (χ3v) is 4.11. The SMILES string of the molecule is Cc1nc2ccc(C(=O)NCCC3CCCO3)cc2nc1C. The van der Waals surface area contributed by atoms with Crippen molar-refractivity contribution in [1.82, 2.24) is 15.3 Å². The van der Waals surface area contributed by atoms with E-state index < -0.39 is 0 Å². The van der Waals surface area contributed by atoms with Crippen molar-refractivity contribution in [3.8, 4) is 0 Å². The Bertz CT molecular complexity index is 694. The lowest BCUT2D eigenvalue weighted by molar-refractivity contribution is 0.0907. The molecule has 5 heteroatoms. The van der Waals surface area contributed by atoms with Crippen LogP contribution < -0.4 is 5.32 Å². The number of rotatable bonds is 4. The molecule has 2 heterocycles. The Hall–Kier alpha value is -2.01. The van der Waals surface area contributed by atoms with Crippen molar-refractivity contribution < 1.29 is 9.53 Å². The topological polar surface area (TPSA) is 64.1 Å². The van der Waals surface area contributed by atoms with E-state index in [0.29, 0.717) is 18.2 Å². The van der Waals surface area contributed by atoms with Crippen molar-refractivity contribution in [2.75, 3.05) is 13.2 Å². The molecule has 0 spiro atoms. The van der Waals surface area contributed by atoms with Crippen molar-refractivity contribution in [3.63, 3.8) is 0 Å². The highest BCUT2D eigenvalue weighted by Gasteiger charge is 2.15. The first-order valence-corrected chi connectivity index (χ1v) is 7.78. The summed E-state index contributed by atoms with van der Waals surface area (Å²) < 4.78 is 5.55. The van der Waals surface area contributed by atoms with Crippen molar-refractivity contribution in [1.29, 1.82) is 0 Å². The maximum absolute atomic E-state index is 12.2. The minimum atomic E-state index is -0.0695. The third kappa shape index (κ3) is 3.25. The molecule has 22 heavy (non-hydrogen) atoms. The van der Waals surface area contributed by atoms with E-state index in [-0.39, 0.29) is 5.91 Å². The number of aryl methyl sites for hydroxylation is 2. The Kier molecular flexibility index (Phi) is 4.34. The van der Waals surface area contributed by atoms with Crippen molar-refractivity contribution >= 4 is 16.9 Å². The summed E-state index contributed by atoms with van der Waals surface area (Å²) in [5.74, 6) is -0.0695. The molecule has 1 atom stereocenters. The summed E-state index contributed by atoms with van der Waals surface area (Å²) >= 11 is 0. The average molecular weight is 299 g/mol. The number of hydrogen-bond acceptors (Lipinski definition) is 4. The Labute approximate surface area is 130 Å². The average Bonchev–Trinajstić information content (AvgIpc) is 3.01. The first-order valence-electron chi connectivity index (χ1n) is 7.78. The van der Waals surface area contributed by atoms with Crippen LogP contribution in [0.5, 0.6) is 0 Å². The number of hydrogen-bond donors (Lipinski definition) is 1. The molecule has 3 rings (SSSR count). The van der Waals surface area contributed by atoms with Crippen LogP contribution in [0.3, 0.4) is 0 Å². The van der Waals surface area contributed by atoms with Gasteiger partial charge in [-0.3, -0.25) is 4.79 Å². The van der Waals surface area contributed by atoms with Gasteiger partial charge < -0.3 is 10.1 Å². The fraction of sp³-hybridized carbons (Fsp3) is 0.471. The number of nitrogens with one attached hydrogen (secondary N) is 1. The zero-order valence-corrected chi connectivity index (χ0v) is 13.1. The summed E-state index contributed by atoms with van der Waals surface area (Å²) in [6.07, 6.45) is 3.39. The van der Waals surface area contributed by atoms with E-state index in [1.54, 1.807) is 12.1 Å². The largest absolute Gasteiger partial charge is 0.378 e. The van der Waals surface area contributed by atoms with Crippen LogP contribution in [0.25, 0.3) is 11.0 Å². The molecular formula is C17H21N3O2. The number of nitrogens with zero attached hydrogens (tertiary/aromatic N) is 2. The van der Waals surface area contributed by atoms with Gasteiger partial charge in [0.2, 0.25) is 0 Å². The van der Waals surface area contributed by atoms with Gasteiger partial charge in [-0.2, -0.15) is 0 Å². The van der Waals surface area contributed by atoms with E-state index >= 15 is 0 Å². The van der Waals surface area contributed by atoms with Crippen LogP contribution in [-0.4, -0.2) is 35.1 Å². The molecule has 1 aromatic carbocycles. The lowest BCUT2D eigenvalue weighted by Gasteiger charge is -2.10. The van der Waals surface area contributed by atoms with Crippen molar-refractivity contribution in [2.24, 2.45) is 0 Å². The van der Waals surface area contributed by atoms with Crippen molar-refractivity contribution in [3.05, 3.63) is 35.2 Å². The molecule has 0 saturated carbocycles. The molecular weight excluding hydrogens is 278 g/mol. The van der Waals surface area contributed by atoms with Crippen LogP contribution in [0.1, 0.15) is 41.0 Å². The molecule has 0 bridgehead atoms. The normalized spacial score (nSPS) is 17.8. The van der Waals surface area contributed by atoms with Gasteiger partial charge >= 0.3 is 0 Å². The molecule has 1 aliphatic heterocycles. The summed E-state index contributed by atoms with van der Waals surface area (Å²) in [6, 6.07) is 5.45. The molecule has 0 aliphatic carbocycles. The number of fused-ring (bicyclic) bond motifs is 1. The van der Waals surface area contributed by atoms with E-state index in [2.05, 4.69) is 15.3 Å². The van der Waals surface area contributed by atoms with E-state index in [1.165, 1.54) is 0 Å². The molecule has 116 valence electrons. The molecule has 1 N–H and O–H groups in total. The Morgan fingerprint density at radius 1 is 1.27 bits per heavy atom. The van der Waals surface area contributed by atoms with Gasteiger partial charge in [-0.05, 0) is 51.3 Å². The molecule has 1 fully saturated rings. The lowest BCUT2D eigenvalue weighted by atomic mass is 10.1. The molecule has 5 nitrogen and oxygen atoms in total. The highest BCUT2D eigenvalue weighted by molar-refractivity contribution is 5.97. The van der Waals surface area contributed by atoms with Crippen LogP contribution in [-0.2, 0) is 4.74 Å².